The van der Waals surface area contributed by atoms with Crippen LogP contribution in [0.3, 0.4) is 0 Å². The summed E-state index contributed by atoms with van der Waals surface area (Å²) in [5.74, 6) is -0.365. The van der Waals surface area contributed by atoms with Crippen molar-refractivity contribution < 1.29 is 9.18 Å². The van der Waals surface area contributed by atoms with E-state index in [0.29, 0.717) is 18.8 Å². The van der Waals surface area contributed by atoms with Gasteiger partial charge < -0.3 is 5.32 Å². The molecule has 158 valence electrons. The van der Waals surface area contributed by atoms with Crippen LogP contribution in [0.25, 0.3) is 0 Å². The highest BCUT2D eigenvalue weighted by atomic mass is 32.1. The molecule has 1 aromatic heterocycles. The summed E-state index contributed by atoms with van der Waals surface area (Å²) >= 11 is 1.49. The average molecular weight is 426 g/mol. The number of rotatable bonds is 9. The van der Waals surface area contributed by atoms with Crippen molar-refractivity contribution in [3.05, 3.63) is 87.1 Å². The lowest BCUT2D eigenvalue weighted by molar-refractivity contribution is 0.0934. The number of hydrogen-bond donors (Lipinski definition) is 1. The van der Waals surface area contributed by atoms with E-state index >= 15 is 0 Å². The molecule has 0 aliphatic rings. The fourth-order valence-electron chi connectivity index (χ4n) is 3.05. The number of amides is 1. The minimum absolute atomic E-state index is 0.124. The van der Waals surface area contributed by atoms with Gasteiger partial charge in [-0.15, -0.1) is 11.3 Å². The number of carbonyl (C=O) groups is 1. The number of carbonyl (C=O) groups excluding carboxylic acids is 1. The van der Waals surface area contributed by atoms with Gasteiger partial charge in [0.1, 0.15) is 16.5 Å². The summed E-state index contributed by atoms with van der Waals surface area (Å²) < 4.78 is 13.3. The Kier molecular flexibility index (Phi) is 7.71. The molecule has 3 rings (SSSR count). The van der Waals surface area contributed by atoms with E-state index in [0.717, 1.165) is 23.5 Å². The lowest BCUT2D eigenvalue weighted by atomic mass is 10.1. The SMILES string of the molecule is CC[C@H](C)NC(=O)c1csc(CN(Cc2ccc(C)cc2)Cc2ccc(F)cc2)n1. The van der Waals surface area contributed by atoms with Crippen LogP contribution in [0.15, 0.2) is 53.9 Å². The lowest BCUT2D eigenvalue weighted by Gasteiger charge is -2.21. The van der Waals surface area contributed by atoms with E-state index in [-0.39, 0.29) is 17.8 Å². The van der Waals surface area contributed by atoms with Gasteiger partial charge in [0.25, 0.3) is 5.91 Å². The first kappa shape index (κ1) is 22.1. The minimum atomic E-state index is -0.235. The number of hydrogen-bond acceptors (Lipinski definition) is 4. The maximum absolute atomic E-state index is 13.3. The van der Waals surface area contributed by atoms with Gasteiger partial charge in [0.05, 0.1) is 6.54 Å². The average Bonchev–Trinajstić information content (AvgIpc) is 3.20. The van der Waals surface area contributed by atoms with E-state index < -0.39 is 0 Å². The third kappa shape index (κ3) is 6.47. The molecular formula is C24H28FN3OS. The van der Waals surface area contributed by atoms with E-state index in [9.17, 15) is 9.18 Å². The zero-order valence-corrected chi connectivity index (χ0v) is 18.5. The summed E-state index contributed by atoms with van der Waals surface area (Å²) in [4.78, 5) is 19.2. The molecule has 4 nitrogen and oxygen atoms in total. The van der Waals surface area contributed by atoms with Gasteiger partial charge in [-0.2, -0.15) is 0 Å². The van der Waals surface area contributed by atoms with Crippen molar-refractivity contribution in [1.82, 2.24) is 15.2 Å². The number of nitrogens with one attached hydrogen (secondary N) is 1. The van der Waals surface area contributed by atoms with E-state index in [1.54, 1.807) is 0 Å². The standard InChI is InChI=1S/C24H28FN3OS/c1-4-18(3)26-24(29)22-16-30-23(27-22)15-28(13-19-7-5-17(2)6-8-19)14-20-9-11-21(25)12-10-20/h5-12,16,18H,4,13-15H2,1-3H3,(H,26,29)/t18-/m0/s1. The predicted molar refractivity (Wildman–Crippen MR) is 120 cm³/mol. The molecule has 0 aliphatic carbocycles. The third-order valence-electron chi connectivity index (χ3n) is 4.98. The number of thiazole rings is 1. The van der Waals surface area contributed by atoms with E-state index in [2.05, 4.69) is 46.4 Å². The highest BCUT2D eigenvalue weighted by Gasteiger charge is 2.15. The van der Waals surface area contributed by atoms with Gasteiger partial charge in [-0.25, -0.2) is 9.37 Å². The predicted octanol–water partition coefficient (Wildman–Crippen LogP) is 5.32. The smallest absolute Gasteiger partial charge is 0.270 e. The maximum atomic E-state index is 13.3. The van der Waals surface area contributed by atoms with Gasteiger partial charge in [-0.05, 0) is 43.5 Å². The Bertz CT molecular complexity index is 906. The van der Waals surface area contributed by atoms with Gasteiger partial charge in [-0.3, -0.25) is 9.69 Å². The van der Waals surface area contributed by atoms with Crippen LogP contribution in [-0.4, -0.2) is 21.8 Å². The number of aryl methyl sites for hydroxylation is 1. The molecule has 0 saturated heterocycles. The fourth-order valence-corrected chi connectivity index (χ4v) is 3.86. The Morgan fingerprint density at radius 1 is 1.07 bits per heavy atom. The second-order valence-corrected chi connectivity index (χ2v) is 8.61. The van der Waals surface area contributed by atoms with E-state index in [1.807, 2.05) is 31.4 Å². The summed E-state index contributed by atoms with van der Waals surface area (Å²) in [5, 5.41) is 5.66. The molecular weight excluding hydrogens is 397 g/mol. The second-order valence-electron chi connectivity index (χ2n) is 7.67. The largest absolute Gasteiger partial charge is 0.348 e. The van der Waals surface area contributed by atoms with Gasteiger partial charge in [0.15, 0.2) is 0 Å². The monoisotopic (exact) mass is 425 g/mol. The first-order valence-corrected chi connectivity index (χ1v) is 11.1. The molecule has 1 heterocycles. The number of benzene rings is 2. The van der Waals surface area contributed by atoms with Crippen LogP contribution < -0.4 is 5.32 Å². The van der Waals surface area contributed by atoms with Gasteiger partial charge in [0, 0.05) is 24.5 Å². The summed E-state index contributed by atoms with van der Waals surface area (Å²) in [6.45, 7) is 8.12. The van der Waals surface area contributed by atoms with Crippen LogP contribution >= 0.6 is 11.3 Å². The van der Waals surface area contributed by atoms with Crippen molar-refractivity contribution in [3.63, 3.8) is 0 Å². The van der Waals surface area contributed by atoms with Crippen LogP contribution in [0, 0.1) is 12.7 Å². The summed E-state index contributed by atoms with van der Waals surface area (Å²) in [6.07, 6.45) is 0.880. The molecule has 1 N–H and O–H groups in total. The highest BCUT2D eigenvalue weighted by Crippen LogP contribution is 2.18. The zero-order valence-electron chi connectivity index (χ0n) is 17.7. The third-order valence-corrected chi connectivity index (χ3v) is 5.81. The molecule has 1 amide bonds. The van der Waals surface area contributed by atoms with Gasteiger partial charge >= 0.3 is 0 Å². The van der Waals surface area contributed by atoms with E-state index in [1.165, 1.54) is 34.6 Å². The second kappa shape index (κ2) is 10.5. The molecule has 3 aromatic rings. The zero-order chi connectivity index (χ0) is 21.5. The van der Waals surface area contributed by atoms with Crippen molar-refractivity contribution in [3.8, 4) is 0 Å². The Labute approximate surface area is 181 Å². The first-order valence-electron chi connectivity index (χ1n) is 10.2. The van der Waals surface area contributed by atoms with Crippen molar-refractivity contribution in [1.29, 1.82) is 0 Å². The molecule has 2 aromatic carbocycles. The molecule has 0 spiro atoms. The number of halogens is 1. The lowest BCUT2D eigenvalue weighted by Crippen LogP contribution is -2.32. The Hall–Kier alpha value is -2.57. The van der Waals surface area contributed by atoms with Crippen molar-refractivity contribution >= 4 is 17.2 Å². The van der Waals surface area contributed by atoms with Crippen LogP contribution in [0.1, 0.15) is 52.5 Å². The van der Waals surface area contributed by atoms with Crippen molar-refractivity contribution in [2.75, 3.05) is 0 Å². The summed E-state index contributed by atoms with van der Waals surface area (Å²) in [5.41, 5.74) is 3.93. The molecule has 0 fully saturated rings. The van der Waals surface area contributed by atoms with E-state index in [4.69, 9.17) is 0 Å². The Balaban J connectivity index is 1.73. The molecule has 30 heavy (non-hydrogen) atoms. The normalized spacial score (nSPS) is 12.2. The summed E-state index contributed by atoms with van der Waals surface area (Å²) in [7, 11) is 0. The van der Waals surface area contributed by atoms with Crippen LogP contribution in [0.2, 0.25) is 0 Å². The quantitative estimate of drug-likeness (QED) is 0.505. The highest BCUT2D eigenvalue weighted by molar-refractivity contribution is 7.09. The molecule has 0 unspecified atom stereocenters. The fraction of sp³-hybridized carbons (Fsp3) is 0.333. The Morgan fingerprint density at radius 2 is 1.67 bits per heavy atom. The van der Waals surface area contributed by atoms with Crippen LogP contribution in [-0.2, 0) is 19.6 Å². The van der Waals surface area contributed by atoms with Crippen molar-refractivity contribution in [2.45, 2.75) is 52.9 Å². The number of nitrogens with zero attached hydrogens (tertiary/aromatic N) is 2. The molecule has 0 saturated carbocycles. The van der Waals surface area contributed by atoms with Crippen molar-refractivity contribution in [2.24, 2.45) is 0 Å². The molecule has 0 radical (unpaired) electrons. The van der Waals surface area contributed by atoms with Crippen LogP contribution in [0.4, 0.5) is 4.39 Å². The maximum Gasteiger partial charge on any atom is 0.270 e. The first-order chi connectivity index (χ1) is 14.4. The molecule has 0 aliphatic heterocycles. The van der Waals surface area contributed by atoms with Gasteiger partial charge in [-0.1, -0.05) is 48.9 Å². The Morgan fingerprint density at radius 3 is 2.27 bits per heavy atom. The molecule has 0 bridgehead atoms. The van der Waals surface area contributed by atoms with Crippen LogP contribution in [0.5, 0.6) is 0 Å². The number of aromatic nitrogens is 1. The molecule has 6 heteroatoms. The molecule has 1 atom stereocenters. The van der Waals surface area contributed by atoms with Gasteiger partial charge in [0.2, 0.25) is 0 Å². The topological polar surface area (TPSA) is 45.2 Å². The minimum Gasteiger partial charge on any atom is -0.348 e. The summed E-state index contributed by atoms with van der Waals surface area (Å²) in [6, 6.07) is 15.2.